The van der Waals surface area contributed by atoms with Crippen molar-refractivity contribution in [1.82, 2.24) is 25.4 Å². The predicted octanol–water partition coefficient (Wildman–Crippen LogP) is 4.29. The van der Waals surface area contributed by atoms with Crippen LogP contribution in [0.25, 0.3) is 33.9 Å². The third kappa shape index (κ3) is 4.96. The molecule has 6 nitrogen and oxygen atoms in total. The van der Waals surface area contributed by atoms with Crippen LogP contribution in [0.3, 0.4) is 0 Å². The van der Waals surface area contributed by atoms with Gasteiger partial charge in [0.2, 0.25) is 0 Å². The van der Waals surface area contributed by atoms with Crippen LogP contribution < -0.4 is 10.6 Å². The van der Waals surface area contributed by atoms with E-state index >= 15 is 8.78 Å². The Bertz CT molecular complexity index is 1190. The summed E-state index contributed by atoms with van der Waals surface area (Å²) in [5.41, 5.74) is 4.64. The Balaban J connectivity index is 1.51. The van der Waals surface area contributed by atoms with Crippen LogP contribution in [0, 0.1) is 11.6 Å². The van der Waals surface area contributed by atoms with Gasteiger partial charge in [-0.1, -0.05) is 24.3 Å². The molecule has 8 heteroatoms. The van der Waals surface area contributed by atoms with Crippen molar-refractivity contribution in [2.45, 2.75) is 19.4 Å². The van der Waals surface area contributed by atoms with E-state index in [0.29, 0.717) is 35.9 Å². The first-order chi connectivity index (χ1) is 17.2. The Morgan fingerprint density at radius 3 is 1.74 bits per heavy atom. The number of hydrogen-bond acceptors (Lipinski definition) is 5. The van der Waals surface area contributed by atoms with Crippen molar-refractivity contribution in [1.29, 1.82) is 0 Å². The van der Waals surface area contributed by atoms with Crippen LogP contribution >= 0.6 is 0 Å². The normalized spacial score (nSPS) is 16.2. The molecule has 0 saturated carbocycles. The lowest BCUT2D eigenvalue weighted by Crippen LogP contribution is -2.20. The van der Waals surface area contributed by atoms with E-state index < -0.39 is 0 Å². The summed E-state index contributed by atoms with van der Waals surface area (Å²) in [4.78, 5) is 0. The van der Waals surface area contributed by atoms with Gasteiger partial charge in [0.15, 0.2) is 11.6 Å². The minimum atomic E-state index is -0.381. The van der Waals surface area contributed by atoms with Gasteiger partial charge in [-0.05, 0) is 72.5 Å². The molecule has 0 fully saturated rings. The minimum Gasteiger partial charge on any atom is -0.383 e. The first kappa shape index (κ1) is 23.5. The fourth-order valence-corrected chi connectivity index (χ4v) is 4.66. The van der Waals surface area contributed by atoms with E-state index in [1.807, 2.05) is 12.1 Å². The zero-order chi connectivity index (χ0) is 24.2. The van der Waals surface area contributed by atoms with E-state index in [-0.39, 0.29) is 11.6 Å². The molecule has 0 aliphatic carbocycles. The van der Waals surface area contributed by atoms with E-state index in [1.54, 1.807) is 35.9 Å². The number of nitrogens with zero attached hydrogens (tertiary/aromatic N) is 3. The lowest BCUT2D eigenvalue weighted by atomic mass is 9.98. The number of ether oxygens (including phenoxy) is 1. The number of hydrogen-bond donors (Lipinski definition) is 2. The van der Waals surface area contributed by atoms with Crippen LogP contribution in [0.4, 0.5) is 8.78 Å². The van der Waals surface area contributed by atoms with Crippen molar-refractivity contribution in [3.05, 3.63) is 71.3 Å². The van der Waals surface area contributed by atoms with Crippen LogP contribution in [0.15, 0.2) is 48.6 Å². The molecular weight excluding hydrogens is 448 g/mol. The van der Waals surface area contributed by atoms with Gasteiger partial charge in [0, 0.05) is 26.7 Å². The molecule has 2 aliphatic rings. The summed E-state index contributed by atoms with van der Waals surface area (Å²) in [6.07, 6.45) is 5.89. The summed E-state index contributed by atoms with van der Waals surface area (Å²) in [6, 6.07) is 10.4. The van der Waals surface area contributed by atoms with Gasteiger partial charge in [0.25, 0.3) is 0 Å². The lowest BCUT2D eigenvalue weighted by molar-refractivity contribution is 0.188. The highest BCUT2D eigenvalue weighted by Gasteiger charge is 2.21. The van der Waals surface area contributed by atoms with Crippen LogP contribution in [0.1, 0.15) is 24.0 Å². The third-order valence-corrected chi connectivity index (χ3v) is 6.56. The first-order valence-corrected chi connectivity index (χ1v) is 12.0. The van der Waals surface area contributed by atoms with Gasteiger partial charge < -0.3 is 19.9 Å². The quantitative estimate of drug-likeness (QED) is 0.532. The van der Waals surface area contributed by atoms with Gasteiger partial charge in [-0.25, -0.2) is 8.78 Å². The van der Waals surface area contributed by atoms with Gasteiger partial charge in [-0.2, -0.15) is 0 Å². The molecule has 0 spiro atoms. The maximum absolute atomic E-state index is 15.3. The average molecular weight is 478 g/mol. The van der Waals surface area contributed by atoms with Crippen LogP contribution in [-0.4, -0.2) is 54.7 Å². The molecule has 3 aromatic rings. The number of nitrogens with one attached hydrogen (secondary N) is 2. The smallest absolute Gasteiger partial charge is 0.167 e. The van der Waals surface area contributed by atoms with Crippen LogP contribution in [0.5, 0.6) is 0 Å². The summed E-state index contributed by atoms with van der Waals surface area (Å²) < 4.78 is 37.6. The predicted molar refractivity (Wildman–Crippen MR) is 134 cm³/mol. The summed E-state index contributed by atoms with van der Waals surface area (Å²) >= 11 is 0. The van der Waals surface area contributed by atoms with E-state index in [9.17, 15) is 0 Å². The van der Waals surface area contributed by atoms with Crippen molar-refractivity contribution in [3.8, 4) is 22.8 Å². The molecule has 0 radical (unpaired) electrons. The molecule has 2 aliphatic heterocycles. The second-order valence-electron chi connectivity index (χ2n) is 8.75. The van der Waals surface area contributed by atoms with Crippen molar-refractivity contribution in [3.63, 3.8) is 0 Å². The maximum atomic E-state index is 15.3. The molecule has 2 aromatic carbocycles. The topological polar surface area (TPSA) is 64.0 Å². The van der Waals surface area contributed by atoms with E-state index in [2.05, 4.69) is 33.0 Å². The highest BCUT2D eigenvalue weighted by atomic mass is 19.1. The van der Waals surface area contributed by atoms with Crippen LogP contribution in [0.2, 0.25) is 0 Å². The van der Waals surface area contributed by atoms with Crippen molar-refractivity contribution < 1.29 is 13.5 Å². The van der Waals surface area contributed by atoms with Crippen molar-refractivity contribution in [2.75, 3.05) is 39.9 Å². The average Bonchev–Trinajstić information content (AvgIpc) is 3.31. The van der Waals surface area contributed by atoms with E-state index in [1.165, 1.54) is 0 Å². The van der Waals surface area contributed by atoms with Gasteiger partial charge in [0.1, 0.15) is 11.6 Å². The molecular formula is C27H29F2N5O. The van der Waals surface area contributed by atoms with Crippen molar-refractivity contribution >= 4 is 11.1 Å². The second kappa shape index (κ2) is 10.6. The molecule has 0 saturated heterocycles. The standard InChI is InChI=1S/C27H29F2N5O/c1-35-15-14-34-26(22-4-2-20(16-24(22)28)18-6-10-30-11-7-18)32-33-27(34)23-5-3-21(17-25(23)29)19-8-12-31-13-9-19/h2-6,8,16-17,30-31H,7,9-15H2,1H3. The Kier molecular flexibility index (Phi) is 7.13. The molecule has 2 N–H and O–H groups in total. The van der Waals surface area contributed by atoms with E-state index in [0.717, 1.165) is 61.3 Å². The molecule has 5 rings (SSSR count). The fraction of sp³-hybridized carbons (Fsp3) is 0.333. The van der Waals surface area contributed by atoms with E-state index in [4.69, 9.17) is 4.74 Å². The van der Waals surface area contributed by atoms with Crippen molar-refractivity contribution in [2.24, 2.45) is 0 Å². The number of aromatic nitrogens is 3. The third-order valence-electron chi connectivity index (χ3n) is 6.56. The van der Waals surface area contributed by atoms with Gasteiger partial charge >= 0.3 is 0 Å². The Labute approximate surface area is 203 Å². The highest BCUT2D eigenvalue weighted by molar-refractivity contribution is 5.72. The summed E-state index contributed by atoms with van der Waals surface area (Å²) in [5, 5.41) is 15.1. The maximum Gasteiger partial charge on any atom is 0.167 e. The molecule has 3 heterocycles. The second-order valence-corrected chi connectivity index (χ2v) is 8.75. The molecule has 0 unspecified atom stereocenters. The van der Waals surface area contributed by atoms with Gasteiger partial charge in [0.05, 0.1) is 17.7 Å². The SMILES string of the molecule is COCCn1c(-c2ccc(C3=CCNCC3)cc2F)nnc1-c1ccc(C2=CCNCC2)cc1F. The van der Waals surface area contributed by atoms with Crippen LogP contribution in [-0.2, 0) is 11.3 Å². The Hall–Kier alpha value is -3.20. The fourth-order valence-electron chi connectivity index (χ4n) is 4.66. The van der Waals surface area contributed by atoms with Gasteiger partial charge in [-0.15, -0.1) is 10.2 Å². The zero-order valence-electron chi connectivity index (χ0n) is 19.8. The molecule has 0 atom stereocenters. The molecule has 1 aromatic heterocycles. The Morgan fingerprint density at radius 2 is 1.34 bits per heavy atom. The number of rotatable bonds is 7. The zero-order valence-corrected chi connectivity index (χ0v) is 19.8. The lowest BCUT2D eigenvalue weighted by Gasteiger charge is -2.16. The number of methoxy groups -OCH3 is 1. The van der Waals surface area contributed by atoms with Gasteiger partial charge in [-0.3, -0.25) is 0 Å². The Morgan fingerprint density at radius 1 is 0.829 bits per heavy atom. The molecule has 0 amide bonds. The number of benzene rings is 2. The first-order valence-electron chi connectivity index (χ1n) is 12.0. The molecule has 35 heavy (non-hydrogen) atoms. The monoisotopic (exact) mass is 477 g/mol. The minimum absolute atomic E-state index is 0.329. The summed E-state index contributed by atoms with van der Waals surface area (Å²) in [5.74, 6) is -0.0590. The molecule has 182 valence electrons. The molecule has 0 bridgehead atoms. The summed E-state index contributed by atoms with van der Waals surface area (Å²) in [6.45, 7) is 4.05. The summed E-state index contributed by atoms with van der Waals surface area (Å²) in [7, 11) is 1.59. The number of halogens is 2. The highest BCUT2D eigenvalue weighted by Crippen LogP contribution is 2.32. The largest absolute Gasteiger partial charge is 0.383 e.